The first kappa shape index (κ1) is 18.5. The third-order valence-electron chi connectivity index (χ3n) is 4.09. The van der Waals surface area contributed by atoms with Crippen molar-refractivity contribution in [2.24, 2.45) is 0 Å². The predicted octanol–water partition coefficient (Wildman–Crippen LogP) is 5.02. The molecule has 136 valence electrons. The van der Waals surface area contributed by atoms with E-state index in [9.17, 15) is 19.8 Å². The van der Waals surface area contributed by atoms with Crippen LogP contribution in [0.5, 0.6) is 0 Å². The van der Waals surface area contributed by atoms with Gasteiger partial charge in [-0.3, -0.25) is 0 Å². The zero-order chi connectivity index (χ0) is 19.3. The molecule has 0 unspecified atom stereocenters. The second kappa shape index (κ2) is 7.93. The molecular weight excluding hydrogens is 360 g/mol. The second-order valence-corrected chi connectivity index (χ2v) is 8.78. The van der Waals surface area contributed by atoms with Gasteiger partial charge in [-0.2, -0.15) is 0 Å². The SMILES string of the molecule is O=C(O)/C=C(\C(=O)O)S(c1ccccc1)(c1ccccc1)c1ccccc1. The van der Waals surface area contributed by atoms with Crippen LogP contribution in [0.3, 0.4) is 0 Å². The van der Waals surface area contributed by atoms with Gasteiger partial charge >= 0.3 is 11.9 Å². The molecular formula is C22H18O4S. The number of rotatable bonds is 6. The Balaban J connectivity index is 2.51. The van der Waals surface area contributed by atoms with E-state index in [0.717, 1.165) is 20.8 Å². The Labute approximate surface area is 158 Å². The number of hydrogen-bond acceptors (Lipinski definition) is 2. The van der Waals surface area contributed by atoms with Gasteiger partial charge in [-0.15, -0.1) is 10.0 Å². The van der Waals surface area contributed by atoms with Gasteiger partial charge in [0.1, 0.15) is 0 Å². The summed E-state index contributed by atoms with van der Waals surface area (Å²) in [5, 5.41) is 19.4. The average molecular weight is 378 g/mol. The van der Waals surface area contributed by atoms with Crippen molar-refractivity contribution in [2.45, 2.75) is 14.7 Å². The maximum absolute atomic E-state index is 12.3. The monoisotopic (exact) mass is 378 g/mol. The molecule has 0 atom stereocenters. The van der Waals surface area contributed by atoms with Gasteiger partial charge < -0.3 is 10.2 Å². The van der Waals surface area contributed by atoms with Gasteiger partial charge in [0.05, 0.1) is 4.91 Å². The molecule has 0 spiro atoms. The van der Waals surface area contributed by atoms with E-state index in [1.807, 2.05) is 91.0 Å². The van der Waals surface area contributed by atoms with Crippen LogP contribution in [0.4, 0.5) is 0 Å². The van der Waals surface area contributed by atoms with E-state index < -0.39 is 22.0 Å². The van der Waals surface area contributed by atoms with Gasteiger partial charge in [0, 0.05) is 20.8 Å². The summed E-state index contributed by atoms with van der Waals surface area (Å²) in [6.45, 7) is 0. The molecule has 3 aromatic rings. The fourth-order valence-corrected chi connectivity index (χ4v) is 6.87. The van der Waals surface area contributed by atoms with Gasteiger partial charge in [-0.1, -0.05) is 54.6 Å². The zero-order valence-corrected chi connectivity index (χ0v) is 15.2. The van der Waals surface area contributed by atoms with E-state index in [1.165, 1.54) is 0 Å². The molecule has 0 heterocycles. The molecule has 2 N–H and O–H groups in total. The van der Waals surface area contributed by atoms with Gasteiger partial charge in [0.25, 0.3) is 0 Å². The third-order valence-corrected chi connectivity index (χ3v) is 7.98. The van der Waals surface area contributed by atoms with Crippen molar-refractivity contribution in [1.29, 1.82) is 0 Å². The molecule has 0 radical (unpaired) electrons. The molecule has 0 saturated carbocycles. The lowest BCUT2D eigenvalue weighted by Gasteiger charge is -2.41. The molecule has 5 heteroatoms. The predicted molar refractivity (Wildman–Crippen MR) is 105 cm³/mol. The Morgan fingerprint density at radius 3 is 1.22 bits per heavy atom. The van der Waals surface area contributed by atoms with Crippen LogP contribution in [0.2, 0.25) is 0 Å². The van der Waals surface area contributed by atoms with Crippen molar-refractivity contribution < 1.29 is 19.8 Å². The fraction of sp³-hybridized carbons (Fsp3) is 0. The number of carboxylic acid groups (broad SMARTS) is 2. The summed E-state index contributed by atoms with van der Waals surface area (Å²) in [5.41, 5.74) is 0. The molecule has 0 aliphatic rings. The molecule has 0 aromatic heterocycles. The van der Waals surface area contributed by atoms with Crippen LogP contribution in [-0.4, -0.2) is 22.2 Å². The number of carbonyl (C=O) groups is 2. The molecule has 4 nitrogen and oxygen atoms in total. The van der Waals surface area contributed by atoms with E-state index in [4.69, 9.17) is 0 Å². The van der Waals surface area contributed by atoms with Crippen molar-refractivity contribution >= 4 is 22.0 Å². The largest absolute Gasteiger partial charge is 0.478 e. The molecule has 3 rings (SSSR count). The highest BCUT2D eigenvalue weighted by atomic mass is 32.3. The summed E-state index contributed by atoms with van der Waals surface area (Å²) in [6.07, 6.45) is 0.824. The highest BCUT2D eigenvalue weighted by molar-refractivity contribution is 8.37. The van der Waals surface area contributed by atoms with Crippen LogP contribution >= 0.6 is 10.0 Å². The van der Waals surface area contributed by atoms with Gasteiger partial charge in [-0.25, -0.2) is 9.59 Å². The molecule has 0 amide bonds. The Bertz CT molecular complexity index is 870. The first-order valence-electron chi connectivity index (χ1n) is 8.23. The minimum Gasteiger partial charge on any atom is -0.478 e. The second-order valence-electron chi connectivity index (χ2n) is 5.70. The Kier molecular flexibility index (Phi) is 5.43. The van der Waals surface area contributed by atoms with Gasteiger partial charge in [-0.05, 0) is 36.4 Å². The maximum Gasteiger partial charge on any atom is 0.341 e. The Hall–Kier alpha value is -3.31. The Morgan fingerprint density at radius 2 is 0.963 bits per heavy atom. The highest BCUT2D eigenvalue weighted by Gasteiger charge is 2.39. The first-order valence-corrected chi connectivity index (χ1v) is 9.86. The van der Waals surface area contributed by atoms with Crippen LogP contribution in [0.25, 0.3) is 0 Å². The lowest BCUT2D eigenvalue weighted by Crippen LogP contribution is -2.15. The maximum atomic E-state index is 12.3. The number of benzene rings is 3. The number of hydrogen-bond donors (Lipinski definition) is 2. The van der Waals surface area contributed by atoms with E-state index in [-0.39, 0.29) is 4.91 Å². The third kappa shape index (κ3) is 3.50. The quantitative estimate of drug-likeness (QED) is 0.591. The lowest BCUT2D eigenvalue weighted by molar-refractivity contribution is -0.134. The smallest absolute Gasteiger partial charge is 0.341 e. The standard InChI is InChI=1S/C22H18O4S/c23-21(24)16-20(22(25)26)27(17-10-4-1-5-11-17,18-12-6-2-7-13-18)19-14-8-3-9-15-19/h1-16H,(H,23,24)(H,25,26)/b20-16+. The minimum atomic E-state index is -2.49. The highest BCUT2D eigenvalue weighted by Crippen LogP contribution is 2.73. The number of carboxylic acids is 2. The normalized spacial score (nSPS) is 12.4. The summed E-state index contributed by atoms with van der Waals surface area (Å²) in [7, 11) is -2.49. The molecule has 0 aliphatic carbocycles. The Morgan fingerprint density at radius 1 is 0.630 bits per heavy atom. The van der Waals surface area contributed by atoms with Crippen molar-refractivity contribution in [3.05, 3.63) is 102 Å². The lowest BCUT2D eigenvalue weighted by atomic mass is 10.4. The van der Waals surface area contributed by atoms with Gasteiger partial charge in [0.15, 0.2) is 0 Å². The summed E-state index contributed by atoms with van der Waals surface area (Å²) in [6, 6.07) is 27.7. The summed E-state index contributed by atoms with van der Waals surface area (Å²) in [5.74, 6) is -2.53. The zero-order valence-electron chi connectivity index (χ0n) is 14.4. The number of aliphatic carboxylic acids is 2. The van der Waals surface area contributed by atoms with Crippen molar-refractivity contribution in [3.8, 4) is 0 Å². The topological polar surface area (TPSA) is 74.6 Å². The van der Waals surface area contributed by atoms with Crippen LogP contribution < -0.4 is 0 Å². The average Bonchev–Trinajstić information content (AvgIpc) is 2.70. The molecule has 0 aliphatic heterocycles. The van der Waals surface area contributed by atoms with Crippen LogP contribution in [-0.2, 0) is 9.59 Å². The van der Waals surface area contributed by atoms with E-state index >= 15 is 0 Å². The summed E-state index contributed by atoms with van der Waals surface area (Å²) < 4.78 is 0. The van der Waals surface area contributed by atoms with Crippen LogP contribution in [0, 0.1) is 0 Å². The minimum absolute atomic E-state index is 0.140. The van der Waals surface area contributed by atoms with E-state index in [0.29, 0.717) is 0 Å². The van der Waals surface area contributed by atoms with Crippen LogP contribution in [0.15, 0.2) is 117 Å². The van der Waals surface area contributed by atoms with Crippen molar-refractivity contribution in [3.63, 3.8) is 0 Å². The summed E-state index contributed by atoms with van der Waals surface area (Å²) >= 11 is 0. The molecule has 3 aromatic carbocycles. The van der Waals surface area contributed by atoms with E-state index in [2.05, 4.69) is 0 Å². The van der Waals surface area contributed by atoms with Gasteiger partial charge in [0.2, 0.25) is 0 Å². The molecule has 0 saturated heterocycles. The molecule has 0 fully saturated rings. The molecule has 0 bridgehead atoms. The van der Waals surface area contributed by atoms with Crippen LogP contribution in [0.1, 0.15) is 0 Å². The summed E-state index contributed by atoms with van der Waals surface area (Å²) in [4.78, 5) is 26.0. The van der Waals surface area contributed by atoms with Crippen molar-refractivity contribution in [1.82, 2.24) is 0 Å². The van der Waals surface area contributed by atoms with E-state index in [1.54, 1.807) is 0 Å². The van der Waals surface area contributed by atoms with Crippen molar-refractivity contribution in [2.75, 3.05) is 0 Å². The fourth-order valence-electron chi connectivity index (χ4n) is 3.06. The first-order chi connectivity index (χ1) is 13.1. The molecule has 27 heavy (non-hydrogen) atoms.